The number of fused-ring (bicyclic) bond motifs is 5. The first-order valence-electron chi connectivity index (χ1n) is 16.1. The summed E-state index contributed by atoms with van der Waals surface area (Å²) in [6, 6.07) is 15.3. The molecule has 0 unspecified atom stereocenters. The van der Waals surface area contributed by atoms with E-state index in [1.807, 2.05) is 55.6 Å². The van der Waals surface area contributed by atoms with Gasteiger partial charge in [0.15, 0.2) is 11.5 Å². The minimum atomic E-state index is -0.485. The van der Waals surface area contributed by atoms with E-state index in [0.29, 0.717) is 61.1 Å². The Bertz CT molecular complexity index is 1810. The summed E-state index contributed by atoms with van der Waals surface area (Å²) in [6.45, 7) is 3.68. The summed E-state index contributed by atoms with van der Waals surface area (Å²) in [7, 11) is 3.09. The van der Waals surface area contributed by atoms with Crippen molar-refractivity contribution in [3.63, 3.8) is 0 Å². The normalized spacial score (nSPS) is 17.8. The second-order valence-corrected chi connectivity index (χ2v) is 11.9. The molecular formula is C36H41N5O8. The van der Waals surface area contributed by atoms with Gasteiger partial charge in [-0.3, -0.25) is 24.2 Å². The highest BCUT2D eigenvalue weighted by molar-refractivity contribution is 5.98. The maximum Gasteiger partial charge on any atom is 0.290 e. The standard InChI is InChI=1S/C35H39N5O6.CH2O2/c1-22-15-26(32(45-3)19-37-22)35(43)40-20-27-23-9-10-30(44-2)31(16-23)46-14-13-39(12-6-11-36-34(42)28(27)21-40)33(41)17-24-18-38-29-8-5-4-7-25(24)29;2-1-3/h4-5,7-10,15-16,18-19,27-28,38H,6,11-14,17,20-21H2,1-3H3,(H,36,42);1H,(H,2,3)/t27-,28+;/m1./s1. The number of benzene rings is 2. The van der Waals surface area contributed by atoms with E-state index in [-0.39, 0.29) is 49.7 Å². The van der Waals surface area contributed by atoms with E-state index >= 15 is 0 Å². The number of hydrogen-bond donors (Lipinski definition) is 3. The molecule has 6 rings (SSSR count). The zero-order chi connectivity index (χ0) is 34.9. The molecule has 0 saturated carbocycles. The highest BCUT2D eigenvalue weighted by atomic mass is 16.5. The van der Waals surface area contributed by atoms with Crippen LogP contribution < -0.4 is 19.5 Å². The second-order valence-electron chi connectivity index (χ2n) is 11.9. The molecule has 4 heterocycles. The molecule has 0 spiro atoms. The number of carbonyl (C=O) groups is 4. The molecule has 49 heavy (non-hydrogen) atoms. The predicted molar refractivity (Wildman–Crippen MR) is 181 cm³/mol. The van der Waals surface area contributed by atoms with Gasteiger partial charge >= 0.3 is 0 Å². The largest absolute Gasteiger partial charge is 0.494 e. The summed E-state index contributed by atoms with van der Waals surface area (Å²) in [5.41, 5.74) is 3.91. The molecule has 2 aromatic heterocycles. The number of amides is 3. The maximum atomic E-state index is 13.8. The van der Waals surface area contributed by atoms with Crippen molar-refractivity contribution in [3.8, 4) is 17.2 Å². The zero-order valence-electron chi connectivity index (χ0n) is 27.8. The first kappa shape index (κ1) is 34.7. The van der Waals surface area contributed by atoms with Crippen LogP contribution >= 0.6 is 0 Å². The number of carboxylic acid groups (broad SMARTS) is 1. The number of methoxy groups -OCH3 is 2. The van der Waals surface area contributed by atoms with Crippen molar-refractivity contribution in [2.45, 2.75) is 25.7 Å². The van der Waals surface area contributed by atoms with Gasteiger partial charge in [-0.25, -0.2) is 0 Å². The second kappa shape index (κ2) is 16.0. The molecule has 258 valence electrons. The molecule has 2 aliphatic rings. The van der Waals surface area contributed by atoms with Crippen LogP contribution in [0.4, 0.5) is 0 Å². The molecule has 0 radical (unpaired) electrons. The molecular weight excluding hydrogens is 630 g/mol. The lowest BCUT2D eigenvalue weighted by molar-refractivity contribution is -0.131. The molecule has 0 aliphatic carbocycles. The van der Waals surface area contributed by atoms with Crippen molar-refractivity contribution < 1.29 is 38.5 Å². The van der Waals surface area contributed by atoms with E-state index in [4.69, 9.17) is 24.1 Å². The highest BCUT2D eigenvalue weighted by Gasteiger charge is 2.41. The topological polar surface area (TPSA) is 163 Å². The third kappa shape index (κ3) is 7.94. The maximum absolute atomic E-state index is 13.8. The first-order chi connectivity index (χ1) is 23.8. The van der Waals surface area contributed by atoms with E-state index in [1.165, 1.54) is 7.11 Å². The molecule has 1 fully saturated rings. The Morgan fingerprint density at radius 1 is 1.04 bits per heavy atom. The number of pyridine rings is 1. The summed E-state index contributed by atoms with van der Waals surface area (Å²) in [5, 5.41) is 11.0. The number of aromatic amines is 1. The summed E-state index contributed by atoms with van der Waals surface area (Å²) < 4.78 is 17.3. The highest BCUT2D eigenvalue weighted by Crippen LogP contribution is 2.39. The third-order valence-corrected chi connectivity index (χ3v) is 8.91. The van der Waals surface area contributed by atoms with Crippen LogP contribution in [0.5, 0.6) is 17.2 Å². The molecule has 1 saturated heterocycles. The minimum Gasteiger partial charge on any atom is -0.494 e. The van der Waals surface area contributed by atoms with Gasteiger partial charge in [0.25, 0.3) is 12.4 Å². The summed E-state index contributed by atoms with van der Waals surface area (Å²) in [6.07, 6.45) is 4.26. The van der Waals surface area contributed by atoms with Gasteiger partial charge in [-0.05, 0) is 48.7 Å². The number of hydrogen-bond acceptors (Lipinski definition) is 8. The molecule has 4 aromatic rings. The van der Waals surface area contributed by atoms with Crippen LogP contribution in [0.15, 0.2) is 60.9 Å². The molecule has 3 amide bonds. The monoisotopic (exact) mass is 671 g/mol. The lowest BCUT2D eigenvalue weighted by Gasteiger charge is -2.25. The van der Waals surface area contributed by atoms with Gasteiger partial charge < -0.3 is 39.4 Å². The molecule has 2 aliphatic heterocycles. The van der Waals surface area contributed by atoms with Gasteiger partial charge in [-0.1, -0.05) is 24.3 Å². The van der Waals surface area contributed by atoms with Crippen molar-refractivity contribution in [2.24, 2.45) is 5.92 Å². The summed E-state index contributed by atoms with van der Waals surface area (Å²) in [4.78, 5) is 60.3. The van der Waals surface area contributed by atoms with Crippen LogP contribution in [0.1, 0.15) is 39.5 Å². The Hall–Kier alpha value is -5.59. The quantitative estimate of drug-likeness (QED) is 0.270. The fourth-order valence-electron chi connectivity index (χ4n) is 6.45. The van der Waals surface area contributed by atoms with Crippen molar-refractivity contribution >= 4 is 35.1 Å². The van der Waals surface area contributed by atoms with Crippen molar-refractivity contribution in [1.29, 1.82) is 0 Å². The average molecular weight is 672 g/mol. The Morgan fingerprint density at radius 3 is 2.57 bits per heavy atom. The van der Waals surface area contributed by atoms with Crippen LogP contribution in [-0.2, 0) is 20.8 Å². The van der Waals surface area contributed by atoms with E-state index in [2.05, 4.69) is 15.3 Å². The minimum absolute atomic E-state index is 0.0146. The number of likely N-dealkylation sites (tertiary alicyclic amines) is 1. The number of carbonyl (C=O) groups excluding carboxylic acids is 3. The number of rotatable bonds is 5. The number of aryl methyl sites for hydroxylation is 1. The summed E-state index contributed by atoms with van der Waals surface area (Å²) >= 11 is 0. The molecule has 3 N–H and O–H groups in total. The van der Waals surface area contributed by atoms with Crippen LogP contribution in [-0.4, -0.2) is 103 Å². The number of nitrogens with zero attached hydrogens (tertiary/aromatic N) is 3. The lowest BCUT2D eigenvalue weighted by atomic mass is 9.88. The van der Waals surface area contributed by atoms with Crippen LogP contribution in [0.2, 0.25) is 0 Å². The van der Waals surface area contributed by atoms with Crippen molar-refractivity contribution in [1.82, 2.24) is 25.1 Å². The van der Waals surface area contributed by atoms with Gasteiger partial charge in [-0.2, -0.15) is 0 Å². The van der Waals surface area contributed by atoms with Crippen LogP contribution in [0.3, 0.4) is 0 Å². The number of nitrogens with one attached hydrogen (secondary N) is 2. The third-order valence-electron chi connectivity index (χ3n) is 8.91. The smallest absolute Gasteiger partial charge is 0.290 e. The van der Waals surface area contributed by atoms with Gasteiger partial charge in [0.2, 0.25) is 11.8 Å². The molecule has 2 aromatic carbocycles. The SMILES string of the molecule is COc1ccc2cc1OCCN(C(=O)Cc1c[nH]c3ccccc13)CCCNC(=O)[C@H]1CN(C(=O)c3cc(C)ncc3OC)C[C@H]21.O=CO. The Labute approximate surface area is 284 Å². The van der Waals surface area contributed by atoms with Gasteiger partial charge in [-0.15, -0.1) is 0 Å². The Kier molecular flexibility index (Phi) is 11.3. The van der Waals surface area contributed by atoms with Crippen molar-refractivity contribution in [3.05, 3.63) is 83.3 Å². The van der Waals surface area contributed by atoms with Crippen molar-refractivity contribution in [2.75, 3.05) is 53.6 Å². The van der Waals surface area contributed by atoms with Crippen LogP contribution in [0, 0.1) is 12.8 Å². The molecule has 13 heteroatoms. The Balaban J connectivity index is 0.00000151. The predicted octanol–water partition coefficient (Wildman–Crippen LogP) is 3.42. The zero-order valence-corrected chi connectivity index (χ0v) is 27.8. The fraction of sp³-hybridized carbons (Fsp3) is 0.361. The molecule has 13 nitrogen and oxygen atoms in total. The van der Waals surface area contributed by atoms with Gasteiger partial charge in [0.05, 0.1) is 44.9 Å². The lowest BCUT2D eigenvalue weighted by Crippen LogP contribution is -2.40. The molecule has 2 atom stereocenters. The number of aromatic nitrogens is 2. The number of H-pyrrole nitrogens is 1. The number of para-hydroxylation sites is 1. The van der Waals surface area contributed by atoms with E-state index < -0.39 is 5.92 Å². The van der Waals surface area contributed by atoms with E-state index in [0.717, 1.165) is 22.0 Å². The average Bonchev–Trinajstić information content (AvgIpc) is 3.74. The van der Waals surface area contributed by atoms with Crippen LogP contribution in [0.25, 0.3) is 10.9 Å². The molecule has 2 bridgehead atoms. The van der Waals surface area contributed by atoms with Gasteiger partial charge in [0.1, 0.15) is 12.4 Å². The summed E-state index contributed by atoms with van der Waals surface area (Å²) in [5.74, 6) is 0.361. The van der Waals surface area contributed by atoms with E-state index in [1.54, 1.807) is 29.2 Å². The Morgan fingerprint density at radius 2 is 1.80 bits per heavy atom. The van der Waals surface area contributed by atoms with E-state index in [9.17, 15) is 14.4 Å². The van der Waals surface area contributed by atoms with Gasteiger partial charge in [0, 0.05) is 54.9 Å². The number of ether oxygens (including phenoxy) is 3. The first-order valence-corrected chi connectivity index (χ1v) is 16.1. The fourth-order valence-corrected chi connectivity index (χ4v) is 6.45.